The average Bonchev–Trinajstić information content (AvgIpc) is 2.42. The third-order valence-electron chi connectivity index (χ3n) is 2.41. The van der Waals surface area contributed by atoms with Gasteiger partial charge in [0.2, 0.25) is 0 Å². The van der Waals surface area contributed by atoms with Crippen LogP contribution in [-0.2, 0) is 23.8 Å². The third-order valence-corrected chi connectivity index (χ3v) is 2.41. The second-order valence-electron chi connectivity index (χ2n) is 3.52. The fourth-order valence-corrected chi connectivity index (χ4v) is 1.50. The van der Waals surface area contributed by atoms with Crippen LogP contribution in [0.4, 0.5) is 0 Å². The van der Waals surface area contributed by atoms with Crippen molar-refractivity contribution in [2.45, 2.75) is 6.92 Å². The SMILES string of the molecule is CCOC=C1C=C(C(=O)OC)C=CC1C(=O)OC. The molecular weight excluding hydrogens is 236 g/mol. The molecule has 0 spiro atoms. The molecular formula is C13H16O5. The summed E-state index contributed by atoms with van der Waals surface area (Å²) in [5, 5.41) is 0. The van der Waals surface area contributed by atoms with Gasteiger partial charge in [-0.05, 0) is 13.0 Å². The van der Waals surface area contributed by atoms with E-state index in [2.05, 4.69) is 9.47 Å². The normalized spacial score (nSPS) is 20.3. The smallest absolute Gasteiger partial charge is 0.337 e. The standard InChI is InChI=1S/C13H16O5/c1-4-18-8-10-7-9(12(14)16-2)5-6-11(10)13(15)17-3/h5-8,11H,4H2,1-3H3. The lowest BCUT2D eigenvalue weighted by Crippen LogP contribution is -2.19. The van der Waals surface area contributed by atoms with Gasteiger partial charge in [0.25, 0.3) is 0 Å². The molecule has 1 aliphatic carbocycles. The second kappa shape index (κ2) is 6.64. The quantitative estimate of drug-likeness (QED) is 0.558. The van der Waals surface area contributed by atoms with Crippen LogP contribution in [0, 0.1) is 5.92 Å². The van der Waals surface area contributed by atoms with E-state index in [0.29, 0.717) is 17.8 Å². The molecule has 0 saturated carbocycles. The first-order chi connectivity index (χ1) is 8.63. The zero-order chi connectivity index (χ0) is 13.5. The molecule has 1 atom stereocenters. The van der Waals surface area contributed by atoms with E-state index in [1.165, 1.54) is 26.6 Å². The number of rotatable bonds is 4. The maximum absolute atomic E-state index is 11.6. The summed E-state index contributed by atoms with van der Waals surface area (Å²) in [4.78, 5) is 23.0. The minimum absolute atomic E-state index is 0.364. The summed E-state index contributed by atoms with van der Waals surface area (Å²) >= 11 is 0. The van der Waals surface area contributed by atoms with Gasteiger partial charge in [0.05, 0.1) is 32.7 Å². The Hall–Kier alpha value is -2.04. The minimum atomic E-state index is -0.560. The van der Waals surface area contributed by atoms with Gasteiger partial charge in [-0.25, -0.2) is 4.79 Å². The van der Waals surface area contributed by atoms with Crippen LogP contribution in [0.5, 0.6) is 0 Å². The lowest BCUT2D eigenvalue weighted by atomic mass is 9.92. The highest BCUT2D eigenvalue weighted by molar-refractivity contribution is 5.94. The number of methoxy groups -OCH3 is 2. The predicted octanol–water partition coefficient (Wildman–Crippen LogP) is 1.37. The summed E-state index contributed by atoms with van der Waals surface area (Å²) in [5.41, 5.74) is 0.926. The van der Waals surface area contributed by atoms with Crippen LogP contribution in [0.1, 0.15) is 6.92 Å². The lowest BCUT2D eigenvalue weighted by Gasteiger charge is -2.16. The van der Waals surface area contributed by atoms with Crippen molar-refractivity contribution in [3.05, 3.63) is 35.6 Å². The largest absolute Gasteiger partial charge is 0.501 e. The van der Waals surface area contributed by atoms with Crippen LogP contribution in [0.2, 0.25) is 0 Å². The van der Waals surface area contributed by atoms with Crippen molar-refractivity contribution in [3.63, 3.8) is 0 Å². The molecule has 98 valence electrons. The van der Waals surface area contributed by atoms with E-state index in [0.717, 1.165) is 0 Å². The van der Waals surface area contributed by atoms with Crippen molar-refractivity contribution in [2.24, 2.45) is 5.92 Å². The lowest BCUT2D eigenvalue weighted by molar-refractivity contribution is -0.142. The number of hydrogen-bond donors (Lipinski definition) is 0. The highest BCUT2D eigenvalue weighted by Crippen LogP contribution is 2.24. The van der Waals surface area contributed by atoms with Gasteiger partial charge in [-0.2, -0.15) is 0 Å². The molecule has 1 unspecified atom stereocenters. The van der Waals surface area contributed by atoms with Gasteiger partial charge in [-0.1, -0.05) is 12.2 Å². The van der Waals surface area contributed by atoms with Crippen LogP contribution < -0.4 is 0 Å². The van der Waals surface area contributed by atoms with Crippen LogP contribution >= 0.6 is 0 Å². The van der Waals surface area contributed by atoms with E-state index in [4.69, 9.17) is 4.74 Å². The van der Waals surface area contributed by atoms with Crippen molar-refractivity contribution in [1.29, 1.82) is 0 Å². The molecule has 0 amide bonds. The molecule has 0 aliphatic heterocycles. The fourth-order valence-electron chi connectivity index (χ4n) is 1.50. The van der Waals surface area contributed by atoms with Crippen LogP contribution in [0.3, 0.4) is 0 Å². The minimum Gasteiger partial charge on any atom is -0.501 e. The van der Waals surface area contributed by atoms with Crippen molar-refractivity contribution < 1.29 is 23.8 Å². The number of hydrogen-bond acceptors (Lipinski definition) is 5. The fraction of sp³-hybridized carbons (Fsp3) is 0.385. The maximum atomic E-state index is 11.6. The summed E-state index contributed by atoms with van der Waals surface area (Å²) < 4.78 is 14.5. The molecule has 0 N–H and O–H groups in total. The first-order valence-corrected chi connectivity index (χ1v) is 5.51. The molecule has 18 heavy (non-hydrogen) atoms. The van der Waals surface area contributed by atoms with Crippen molar-refractivity contribution in [3.8, 4) is 0 Å². The van der Waals surface area contributed by atoms with Gasteiger partial charge in [-0.15, -0.1) is 0 Å². The van der Waals surface area contributed by atoms with Crippen molar-refractivity contribution >= 4 is 11.9 Å². The maximum Gasteiger partial charge on any atom is 0.337 e. The average molecular weight is 252 g/mol. The van der Waals surface area contributed by atoms with Gasteiger partial charge < -0.3 is 14.2 Å². The number of esters is 2. The van der Waals surface area contributed by atoms with Crippen LogP contribution in [0.25, 0.3) is 0 Å². The Morgan fingerprint density at radius 2 is 2.06 bits per heavy atom. The van der Waals surface area contributed by atoms with Gasteiger partial charge in [0.15, 0.2) is 0 Å². The van der Waals surface area contributed by atoms with E-state index in [9.17, 15) is 9.59 Å². The molecule has 1 rings (SSSR count). The van der Waals surface area contributed by atoms with Gasteiger partial charge >= 0.3 is 11.9 Å². The number of allylic oxidation sites excluding steroid dienone is 1. The Morgan fingerprint density at radius 1 is 1.33 bits per heavy atom. The molecule has 0 aromatic carbocycles. The van der Waals surface area contributed by atoms with Crippen molar-refractivity contribution in [2.75, 3.05) is 20.8 Å². The summed E-state index contributed by atoms with van der Waals surface area (Å²) in [6.07, 6.45) is 6.14. The van der Waals surface area contributed by atoms with Gasteiger partial charge in [-0.3, -0.25) is 4.79 Å². The molecule has 0 saturated heterocycles. The Bertz CT molecular complexity index is 417. The van der Waals surface area contributed by atoms with E-state index in [1.54, 1.807) is 12.2 Å². The molecule has 5 heteroatoms. The summed E-state index contributed by atoms with van der Waals surface area (Å²) in [5.74, 6) is -1.43. The molecule has 0 bridgehead atoms. The van der Waals surface area contributed by atoms with E-state index < -0.39 is 17.9 Å². The predicted molar refractivity (Wildman–Crippen MR) is 64.5 cm³/mol. The summed E-state index contributed by atoms with van der Waals surface area (Å²) in [6.45, 7) is 2.30. The molecule has 5 nitrogen and oxygen atoms in total. The second-order valence-corrected chi connectivity index (χ2v) is 3.52. The van der Waals surface area contributed by atoms with E-state index >= 15 is 0 Å². The molecule has 1 aliphatic rings. The van der Waals surface area contributed by atoms with E-state index in [-0.39, 0.29) is 0 Å². The Labute approximate surface area is 106 Å². The number of carbonyl (C=O) groups excluding carboxylic acids is 2. The zero-order valence-electron chi connectivity index (χ0n) is 10.6. The van der Waals surface area contributed by atoms with E-state index in [1.807, 2.05) is 6.92 Å². The number of ether oxygens (including phenoxy) is 3. The Morgan fingerprint density at radius 3 is 2.61 bits per heavy atom. The molecule has 0 fully saturated rings. The van der Waals surface area contributed by atoms with Crippen LogP contribution in [-0.4, -0.2) is 32.8 Å². The van der Waals surface area contributed by atoms with Gasteiger partial charge in [0.1, 0.15) is 5.92 Å². The summed E-state index contributed by atoms with van der Waals surface area (Å²) in [7, 11) is 2.61. The highest BCUT2D eigenvalue weighted by atomic mass is 16.5. The molecule has 0 radical (unpaired) electrons. The van der Waals surface area contributed by atoms with Crippen LogP contribution in [0.15, 0.2) is 35.6 Å². The molecule has 0 heterocycles. The molecule has 0 aromatic heterocycles. The number of carbonyl (C=O) groups is 2. The topological polar surface area (TPSA) is 61.8 Å². The zero-order valence-corrected chi connectivity index (χ0v) is 10.6. The summed E-state index contributed by atoms with van der Waals surface area (Å²) in [6, 6.07) is 0. The van der Waals surface area contributed by atoms with Gasteiger partial charge in [0, 0.05) is 5.57 Å². The Balaban J connectivity index is 3.01. The Kier molecular flexibility index (Phi) is 5.17. The van der Waals surface area contributed by atoms with Crippen molar-refractivity contribution in [1.82, 2.24) is 0 Å². The monoisotopic (exact) mass is 252 g/mol. The highest BCUT2D eigenvalue weighted by Gasteiger charge is 2.25. The molecule has 0 aromatic rings. The first-order valence-electron chi connectivity index (χ1n) is 5.51. The third kappa shape index (κ3) is 3.23. The first kappa shape index (κ1) is 14.0.